The Bertz CT molecular complexity index is 566. The smallest absolute Gasteiger partial charge is 0.172 e. The molecular weight excluding hydrogens is 286 g/mol. The lowest BCUT2D eigenvalue weighted by molar-refractivity contribution is 0.372. The number of methoxy groups -OCH3 is 1. The molecule has 0 aliphatic carbocycles. The van der Waals surface area contributed by atoms with Crippen molar-refractivity contribution in [1.29, 1.82) is 0 Å². The van der Waals surface area contributed by atoms with Crippen LogP contribution < -0.4 is 10.5 Å². The summed E-state index contributed by atoms with van der Waals surface area (Å²) in [6, 6.07) is 1.75. The Morgan fingerprint density at radius 1 is 1.53 bits per heavy atom. The number of nitrogens with two attached hydrogens (primary N) is 1. The largest absolute Gasteiger partial charge is 0.503 e. The lowest BCUT2D eigenvalue weighted by Gasteiger charge is -2.12. The average molecular weight is 298 g/mol. The van der Waals surface area contributed by atoms with Crippen molar-refractivity contribution >= 4 is 21.7 Å². The van der Waals surface area contributed by atoms with Crippen LogP contribution >= 0.6 is 15.9 Å². The first-order chi connectivity index (χ1) is 8.06. The van der Waals surface area contributed by atoms with Gasteiger partial charge in [-0.1, -0.05) is 0 Å². The molecular formula is C11H12BrN3O2. The third-order valence-corrected chi connectivity index (χ3v) is 3.33. The second kappa shape index (κ2) is 4.29. The van der Waals surface area contributed by atoms with E-state index in [1.165, 1.54) is 7.11 Å². The number of aromatic amines is 1. The number of nitrogens with zero attached hydrogens (tertiary/aromatic N) is 1. The summed E-state index contributed by atoms with van der Waals surface area (Å²) in [7, 11) is 1.51. The van der Waals surface area contributed by atoms with Gasteiger partial charge in [0.1, 0.15) is 5.82 Å². The van der Waals surface area contributed by atoms with Crippen LogP contribution in [0.3, 0.4) is 0 Å². The third-order valence-electron chi connectivity index (χ3n) is 2.56. The fourth-order valence-electron chi connectivity index (χ4n) is 1.72. The Morgan fingerprint density at radius 3 is 2.76 bits per heavy atom. The van der Waals surface area contributed by atoms with E-state index < -0.39 is 0 Å². The van der Waals surface area contributed by atoms with Crippen molar-refractivity contribution in [3.8, 4) is 22.6 Å². The van der Waals surface area contributed by atoms with E-state index in [1.807, 2.05) is 6.92 Å². The molecule has 0 atom stereocenters. The molecule has 0 spiro atoms. The fourth-order valence-corrected chi connectivity index (χ4v) is 2.44. The summed E-state index contributed by atoms with van der Waals surface area (Å²) in [5.74, 6) is 0.923. The van der Waals surface area contributed by atoms with E-state index in [-0.39, 0.29) is 5.75 Å². The monoisotopic (exact) mass is 297 g/mol. The molecule has 1 aromatic carbocycles. The molecule has 0 saturated heterocycles. The molecule has 0 bridgehead atoms. The number of H-pyrrole nitrogens is 1. The number of benzene rings is 1. The van der Waals surface area contributed by atoms with Crippen molar-refractivity contribution in [1.82, 2.24) is 10.2 Å². The van der Waals surface area contributed by atoms with Gasteiger partial charge in [-0.25, -0.2) is 0 Å². The summed E-state index contributed by atoms with van der Waals surface area (Å²) in [6.45, 7) is 1.91. The zero-order valence-corrected chi connectivity index (χ0v) is 11.0. The van der Waals surface area contributed by atoms with E-state index in [0.717, 1.165) is 16.7 Å². The first-order valence-electron chi connectivity index (χ1n) is 4.91. The molecule has 2 aromatic rings. The fraction of sp³-hybridized carbons (Fsp3) is 0.182. The summed E-state index contributed by atoms with van der Waals surface area (Å²) >= 11 is 3.35. The third kappa shape index (κ3) is 1.84. The highest BCUT2D eigenvalue weighted by molar-refractivity contribution is 9.10. The minimum atomic E-state index is 0.0497. The van der Waals surface area contributed by atoms with Crippen LogP contribution in [0.5, 0.6) is 11.5 Å². The average Bonchev–Trinajstić information content (AvgIpc) is 2.70. The van der Waals surface area contributed by atoms with Crippen molar-refractivity contribution in [2.45, 2.75) is 6.92 Å². The Kier molecular flexibility index (Phi) is 2.97. The maximum absolute atomic E-state index is 9.95. The van der Waals surface area contributed by atoms with Crippen LogP contribution in [0, 0.1) is 6.92 Å². The molecule has 1 heterocycles. The maximum Gasteiger partial charge on any atom is 0.172 e. The van der Waals surface area contributed by atoms with Crippen molar-refractivity contribution in [3.05, 3.63) is 22.3 Å². The number of aromatic hydroxyl groups is 1. The van der Waals surface area contributed by atoms with Crippen LogP contribution in [0.4, 0.5) is 5.82 Å². The Labute approximate surface area is 107 Å². The van der Waals surface area contributed by atoms with Crippen LogP contribution in [-0.4, -0.2) is 22.4 Å². The van der Waals surface area contributed by atoms with Gasteiger partial charge >= 0.3 is 0 Å². The first kappa shape index (κ1) is 11.8. The van der Waals surface area contributed by atoms with Gasteiger partial charge in [-0.15, -0.1) is 0 Å². The molecule has 90 valence electrons. The highest BCUT2D eigenvalue weighted by atomic mass is 79.9. The van der Waals surface area contributed by atoms with Crippen LogP contribution in [0.25, 0.3) is 11.1 Å². The van der Waals surface area contributed by atoms with Gasteiger partial charge in [0, 0.05) is 11.1 Å². The molecule has 0 aliphatic heterocycles. The summed E-state index contributed by atoms with van der Waals surface area (Å²) in [6.07, 6.45) is 1.62. The number of phenolic OH excluding ortho intramolecular Hbond substituents is 1. The van der Waals surface area contributed by atoms with Crippen molar-refractivity contribution < 1.29 is 9.84 Å². The summed E-state index contributed by atoms with van der Waals surface area (Å²) < 4.78 is 5.62. The van der Waals surface area contributed by atoms with Gasteiger partial charge in [0.15, 0.2) is 11.5 Å². The molecule has 0 aliphatic rings. The van der Waals surface area contributed by atoms with Crippen molar-refractivity contribution in [2.24, 2.45) is 0 Å². The highest BCUT2D eigenvalue weighted by Gasteiger charge is 2.18. The van der Waals surface area contributed by atoms with E-state index in [2.05, 4.69) is 26.1 Å². The second-order valence-electron chi connectivity index (χ2n) is 3.63. The minimum Gasteiger partial charge on any atom is -0.503 e. The summed E-state index contributed by atoms with van der Waals surface area (Å²) in [4.78, 5) is 0. The number of hydrogen-bond acceptors (Lipinski definition) is 4. The predicted molar refractivity (Wildman–Crippen MR) is 69.1 cm³/mol. The van der Waals surface area contributed by atoms with Crippen LogP contribution in [0.2, 0.25) is 0 Å². The van der Waals surface area contributed by atoms with E-state index in [9.17, 15) is 5.11 Å². The number of aromatic nitrogens is 2. The lowest BCUT2D eigenvalue weighted by atomic mass is 10.0. The van der Waals surface area contributed by atoms with Crippen molar-refractivity contribution in [3.63, 3.8) is 0 Å². The number of nitrogens with one attached hydrogen (secondary N) is 1. The Hall–Kier alpha value is -1.69. The SMILES string of the molecule is COc1cc(C)c(-c2cn[nH]c2N)c(Br)c1O. The summed E-state index contributed by atoms with van der Waals surface area (Å²) in [5, 5.41) is 16.5. The standard InChI is InChI=1S/C11H12BrN3O2/c1-5-3-7(17-2)10(16)9(12)8(5)6-4-14-15-11(6)13/h3-4,16H,1-2H3,(H3,13,14,15). The molecule has 2 rings (SSSR count). The topological polar surface area (TPSA) is 84.2 Å². The van der Waals surface area contributed by atoms with Crippen LogP contribution in [0.15, 0.2) is 16.7 Å². The number of phenols is 1. The van der Waals surface area contributed by atoms with Gasteiger partial charge in [0.2, 0.25) is 0 Å². The Morgan fingerprint density at radius 2 is 2.24 bits per heavy atom. The molecule has 0 radical (unpaired) electrons. The molecule has 17 heavy (non-hydrogen) atoms. The molecule has 0 unspecified atom stereocenters. The molecule has 5 nitrogen and oxygen atoms in total. The second-order valence-corrected chi connectivity index (χ2v) is 4.42. The number of ether oxygens (including phenoxy) is 1. The molecule has 4 N–H and O–H groups in total. The van der Waals surface area contributed by atoms with Gasteiger partial charge in [-0.05, 0) is 34.5 Å². The van der Waals surface area contributed by atoms with Gasteiger partial charge < -0.3 is 15.6 Å². The van der Waals surface area contributed by atoms with Gasteiger partial charge in [0.05, 0.1) is 17.8 Å². The van der Waals surface area contributed by atoms with E-state index in [0.29, 0.717) is 16.0 Å². The molecule has 0 fully saturated rings. The zero-order valence-electron chi connectivity index (χ0n) is 9.41. The van der Waals surface area contributed by atoms with Gasteiger partial charge in [-0.3, -0.25) is 5.10 Å². The predicted octanol–water partition coefficient (Wildman–Crippen LogP) is 2.44. The van der Waals surface area contributed by atoms with E-state index in [4.69, 9.17) is 10.5 Å². The quantitative estimate of drug-likeness (QED) is 0.795. The lowest BCUT2D eigenvalue weighted by Crippen LogP contribution is -1.93. The molecule has 6 heteroatoms. The molecule has 1 aromatic heterocycles. The number of hydrogen-bond donors (Lipinski definition) is 3. The first-order valence-corrected chi connectivity index (χ1v) is 5.70. The van der Waals surface area contributed by atoms with Crippen LogP contribution in [0.1, 0.15) is 5.56 Å². The number of rotatable bonds is 2. The van der Waals surface area contributed by atoms with Gasteiger partial charge in [-0.2, -0.15) is 5.10 Å². The molecule has 0 saturated carbocycles. The normalized spacial score (nSPS) is 10.5. The van der Waals surface area contributed by atoms with Crippen molar-refractivity contribution in [2.75, 3.05) is 12.8 Å². The van der Waals surface area contributed by atoms with Gasteiger partial charge in [0.25, 0.3) is 0 Å². The summed E-state index contributed by atoms with van der Waals surface area (Å²) in [5.41, 5.74) is 8.25. The maximum atomic E-state index is 9.95. The highest BCUT2D eigenvalue weighted by Crippen LogP contribution is 2.44. The zero-order chi connectivity index (χ0) is 12.6. The minimum absolute atomic E-state index is 0.0497. The molecule has 0 amide bonds. The number of anilines is 1. The van der Waals surface area contributed by atoms with Crippen LogP contribution in [-0.2, 0) is 0 Å². The van der Waals surface area contributed by atoms with E-state index in [1.54, 1.807) is 12.3 Å². The Balaban J connectivity index is 2.72. The number of aryl methyl sites for hydroxylation is 1. The number of halogens is 1. The van der Waals surface area contributed by atoms with E-state index >= 15 is 0 Å². The number of nitrogen functional groups attached to an aromatic ring is 1.